The molecule has 0 fully saturated rings. The number of halogens is 2. The van der Waals surface area contributed by atoms with Gasteiger partial charge in [-0.25, -0.2) is 5.43 Å². The number of hydrazine groups is 1. The summed E-state index contributed by atoms with van der Waals surface area (Å²) in [5.74, 6) is 6.47. The van der Waals surface area contributed by atoms with Crippen LogP contribution in [0.25, 0.3) is 0 Å². The van der Waals surface area contributed by atoms with Crippen LogP contribution in [-0.2, 0) is 19.4 Å². The van der Waals surface area contributed by atoms with Gasteiger partial charge in [-0.05, 0) is 57.3 Å². The molecule has 110 valence electrons. The van der Waals surface area contributed by atoms with Gasteiger partial charge in [-0.3, -0.25) is 10.5 Å². The lowest BCUT2D eigenvalue weighted by atomic mass is 10.1. The second-order valence-electron chi connectivity index (χ2n) is 4.44. The monoisotopic (exact) mass is 404 g/mol. The number of nitrogens with zero attached hydrogens (tertiary/aromatic N) is 2. The number of aryl methyl sites for hydroxylation is 2. The van der Waals surface area contributed by atoms with Crippen LogP contribution < -0.4 is 11.3 Å². The Labute approximate surface area is 135 Å². The zero-order valence-electron chi connectivity index (χ0n) is 11.5. The standard InChI is InChI=1S/C13H18Br2N4O/c1-3-8-13(15)10(19(4-2)18-8)7-9(17-16)11-5-6-12(14)20-11/h5-6,9,17H,3-4,7,16H2,1-2H3. The van der Waals surface area contributed by atoms with Crippen LogP contribution in [-0.4, -0.2) is 9.78 Å². The van der Waals surface area contributed by atoms with Gasteiger partial charge in [0, 0.05) is 13.0 Å². The van der Waals surface area contributed by atoms with Gasteiger partial charge in [0.05, 0.1) is 21.9 Å². The molecule has 0 saturated carbocycles. The smallest absolute Gasteiger partial charge is 0.169 e. The molecule has 5 nitrogen and oxygen atoms in total. The van der Waals surface area contributed by atoms with Gasteiger partial charge < -0.3 is 4.42 Å². The fourth-order valence-corrected chi connectivity index (χ4v) is 3.21. The molecule has 0 saturated heterocycles. The second kappa shape index (κ2) is 6.89. The molecule has 0 aliphatic heterocycles. The van der Waals surface area contributed by atoms with Crippen LogP contribution in [0.3, 0.4) is 0 Å². The van der Waals surface area contributed by atoms with E-state index in [2.05, 4.69) is 56.2 Å². The zero-order valence-corrected chi connectivity index (χ0v) is 14.7. The van der Waals surface area contributed by atoms with Crippen LogP contribution in [0.4, 0.5) is 0 Å². The summed E-state index contributed by atoms with van der Waals surface area (Å²) in [6.45, 7) is 5.00. The third-order valence-corrected chi connectivity index (χ3v) is 4.57. The van der Waals surface area contributed by atoms with Gasteiger partial charge in [0.25, 0.3) is 0 Å². The molecule has 0 bridgehead atoms. The summed E-state index contributed by atoms with van der Waals surface area (Å²) in [5, 5.41) is 4.59. The maximum Gasteiger partial charge on any atom is 0.169 e. The van der Waals surface area contributed by atoms with Crippen molar-refractivity contribution in [1.82, 2.24) is 15.2 Å². The molecule has 20 heavy (non-hydrogen) atoms. The number of rotatable bonds is 6. The Morgan fingerprint density at radius 2 is 2.15 bits per heavy atom. The number of nitrogens with one attached hydrogen (secondary N) is 1. The van der Waals surface area contributed by atoms with Crippen LogP contribution in [0, 0.1) is 0 Å². The molecule has 0 aromatic carbocycles. The maximum atomic E-state index is 5.67. The molecule has 0 spiro atoms. The maximum absolute atomic E-state index is 5.67. The first-order valence-electron chi connectivity index (χ1n) is 6.56. The first-order chi connectivity index (χ1) is 9.60. The highest BCUT2D eigenvalue weighted by atomic mass is 79.9. The average molecular weight is 406 g/mol. The van der Waals surface area contributed by atoms with Crippen molar-refractivity contribution in [3.63, 3.8) is 0 Å². The number of aromatic nitrogens is 2. The summed E-state index contributed by atoms with van der Waals surface area (Å²) in [7, 11) is 0. The van der Waals surface area contributed by atoms with Crippen molar-refractivity contribution in [3.05, 3.63) is 38.4 Å². The third-order valence-electron chi connectivity index (χ3n) is 3.23. The van der Waals surface area contributed by atoms with E-state index >= 15 is 0 Å². The van der Waals surface area contributed by atoms with Gasteiger partial charge in [-0.1, -0.05) is 6.92 Å². The van der Waals surface area contributed by atoms with Crippen molar-refractivity contribution >= 4 is 31.9 Å². The summed E-state index contributed by atoms with van der Waals surface area (Å²) in [6.07, 6.45) is 1.60. The summed E-state index contributed by atoms with van der Waals surface area (Å²) >= 11 is 6.96. The Morgan fingerprint density at radius 1 is 1.40 bits per heavy atom. The van der Waals surface area contributed by atoms with Crippen LogP contribution in [0.15, 0.2) is 25.7 Å². The van der Waals surface area contributed by atoms with E-state index in [4.69, 9.17) is 10.3 Å². The predicted molar refractivity (Wildman–Crippen MR) is 85.2 cm³/mol. The van der Waals surface area contributed by atoms with Crippen molar-refractivity contribution in [2.45, 2.75) is 39.3 Å². The van der Waals surface area contributed by atoms with Crippen LogP contribution in [0.2, 0.25) is 0 Å². The Hall–Kier alpha value is -0.630. The fourth-order valence-electron chi connectivity index (χ4n) is 2.16. The Morgan fingerprint density at radius 3 is 2.65 bits per heavy atom. The van der Waals surface area contributed by atoms with Crippen molar-refractivity contribution in [3.8, 4) is 0 Å². The number of hydrogen-bond acceptors (Lipinski definition) is 4. The van der Waals surface area contributed by atoms with Gasteiger partial charge in [0.1, 0.15) is 5.76 Å². The van der Waals surface area contributed by atoms with Crippen molar-refractivity contribution in [2.24, 2.45) is 5.84 Å². The van der Waals surface area contributed by atoms with Crippen molar-refractivity contribution < 1.29 is 4.42 Å². The van der Waals surface area contributed by atoms with E-state index < -0.39 is 0 Å². The minimum atomic E-state index is -0.0932. The molecule has 0 radical (unpaired) electrons. The molecule has 0 aliphatic rings. The van der Waals surface area contributed by atoms with E-state index in [0.717, 1.165) is 34.6 Å². The lowest BCUT2D eigenvalue weighted by Gasteiger charge is -2.14. The van der Waals surface area contributed by atoms with E-state index in [1.807, 2.05) is 16.8 Å². The lowest BCUT2D eigenvalue weighted by Crippen LogP contribution is -2.30. The highest BCUT2D eigenvalue weighted by Gasteiger charge is 2.21. The predicted octanol–water partition coefficient (Wildman–Crippen LogP) is 3.33. The van der Waals surface area contributed by atoms with E-state index in [1.54, 1.807) is 0 Å². The lowest BCUT2D eigenvalue weighted by molar-refractivity contribution is 0.397. The van der Waals surface area contributed by atoms with E-state index in [9.17, 15) is 0 Å². The molecule has 2 heterocycles. The summed E-state index contributed by atoms with van der Waals surface area (Å²) in [5.41, 5.74) is 5.00. The zero-order chi connectivity index (χ0) is 14.7. The Kier molecular flexibility index (Phi) is 5.42. The first kappa shape index (κ1) is 15.8. The number of furan rings is 1. The van der Waals surface area contributed by atoms with Gasteiger partial charge in [0.2, 0.25) is 0 Å². The van der Waals surface area contributed by atoms with E-state index in [-0.39, 0.29) is 6.04 Å². The molecule has 0 aliphatic carbocycles. The number of nitrogens with two attached hydrogens (primary N) is 1. The molecule has 2 rings (SSSR count). The number of hydrogen-bond donors (Lipinski definition) is 2. The van der Waals surface area contributed by atoms with Crippen LogP contribution in [0.1, 0.15) is 37.0 Å². The molecular weight excluding hydrogens is 388 g/mol. The van der Waals surface area contributed by atoms with Crippen molar-refractivity contribution in [2.75, 3.05) is 0 Å². The third kappa shape index (κ3) is 3.16. The second-order valence-corrected chi connectivity index (χ2v) is 6.02. The van der Waals surface area contributed by atoms with Gasteiger partial charge in [-0.2, -0.15) is 5.10 Å². The summed E-state index contributed by atoms with van der Waals surface area (Å²) in [6, 6.07) is 3.68. The molecule has 3 N–H and O–H groups in total. The minimum Gasteiger partial charge on any atom is -0.453 e. The molecule has 2 aromatic rings. The summed E-state index contributed by atoms with van der Waals surface area (Å²) < 4.78 is 9.35. The van der Waals surface area contributed by atoms with E-state index in [0.29, 0.717) is 11.1 Å². The first-order valence-corrected chi connectivity index (χ1v) is 8.14. The minimum absolute atomic E-state index is 0.0932. The molecule has 1 unspecified atom stereocenters. The molecule has 1 atom stereocenters. The van der Waals surface area contributed by atoms with Crippen LogP contribution in [0.5, 0.6) is 0 Å². The van der Waals surface area contributed by atoms with E-state index in [1.165, 1.54) is 0 Å². The fraction of sp³-hybridized carbons (Fsp3) is 0.462. The Balaban J connectivity index is 2.29. The average Bonchev–Trinajstić information content (AvgIpc) is 3.00. The highest BCUT2D eigenvalue weighted by Crippen LogP contribution is 2.28. The molecule has 2 aromatic heterocycles. The summed E-state index contributed by atoms with van der Waals surface area (Å²) in [4.78, 5) is 0. The Bertz CT molecular complexity index is 579. The highest BCUT2D eigenvalue weighted by molar-refractivity contribution is 9.10. The topological polar surface area (TPSA) is 69.0 Å². The SMILES string of the molecule is CCc1nn(CC)c(CC(NN)c2ccc(Br)o2)c1Br. The van der Waals surface area contributed by atoms with Gasteiger partial charge >= 0.3 is 0 Å². The van der Waals surface area contributed by atoms with Crippen LogP contribution >= 0.6 is 31.9 Å². The normalized spacial score (nSPS) is 12.8. The van der Waals surface area contributed by atoms with Gasteiger partial charge in [0.15, 0.2) is 4.67 Å². The van der Waals surface area contributed by atoms with Crippen molar-refractivity contribution in [1.29, 1.82) is 0 Å². The van der Waals surface area contributed by atoms with Gasteiger partial charge in [-0.15, -0.1) is 0 Å². The molecular formula is C13H18Br2N4O. The molecule has 7 heteroatoms. The largest absolute Gasteiger partial charge is 0.453 e. The molecule has 0 amide bonds. The quantitative estimate of drug-likeness (QED) is 0.571.